The van der Waals surface area contributed by atoms with Crippen molar-refractivity contribution in [2.45, 2.75) is 31.6 Å². The number of nitrogens with zero attached hydrogens (tertiary/aromatic N) is 2. The number of oxime groups is 1. The molecule has 0 aliphatic carbocycles. The van der Waals surface area contributed by atoms with Crippen molar-refractivity contribution in [1.82, 2.24) is 10.2 Å². The van der Waals surface area contributed by atoms with Gasteiger partial charge in [0.25, 0.3) is 11.8 Å². The number of esters is 2. The van der Waals surface area contributed by atoms with E-state index in [0.717, 1.165) is 11.8 Å². The van der Waals surface area contributed by atoms with Crippen LogP contribution in [0.4, 0.5) is 4.79 Å². The van der Waals surface area contributed by atoms with E-state index in [1.807, 2.05) is 0 Å². The first-order valence-corrected chi connectivity index (χ1v) is 11.1. The third-order valence-corrected chi connectivity index (χ3v) is 6.01. The van der Waals surface area contributed by atoms with Crippen molar-refractivity contribution in [2.24, 2.45) is 10.9 Å². The van der Waals surface area contributed by atoms with E-state index in [9.17, 15) is 24.0 Å². The summed E-state index contributed by atoms with van der Waals surface area (Å²) in [7, 11) is 1.25. The Kier molecular flexibility index (Phi) is 8.01. The molecule has 0 aromatic carbocycles. The molecule has 3 heterocycles. The highest BCUT2D eigenvalue weighted by Crippen LogP contribution is 2.41. The lowest BCUT2D eigenvalue weighted by Crippen LogP contribution is -2.71. The molecule has 0 saturated carbocycles. The average Bonchev–Trinajstić information content (AvgIpc) is 3.32. The van der Waals surface area contributed by atoms with Gasteiger partial charge in [0, 0.05) is 25.2 Å². The number of rotatable bonds is 9. The van der Waals surface area contributed by atoms with E-state index in [4.69, 9.17) is 29.2 Å². The van der Waals surface area contributed by atoms with Crippen LogP contribution in [-0.4, -0.2) is 77.6 Å². The number of thioether (sulfide) groups is 1. The number of hydrogen-bond donors (Lipinski definition) is 2. The van der Waals surface area contributed by atoms with Gasteiger partial charge in [-0.25, -0.2) is 9.59 Å². The van der Waals surface area contributed by atoms with Crippen molar-refractivity contribution in [2.75, 3.05) is 19.5 Å². The number of fused-ring (bicyclic) bond motifs is 1. The Morgan fingerprint density at radius 3 is 2.69 bits per heavy atom. The number of carbonyl (C=O) groups is 5. The first-order valence-electron chi connectivity index (χ1n) is 10.1. The Morgan fingerprint density at radius 1 is 1.34 bits per heavy atom. The van der Waals surface area contributed by atoms with E-state index in [-0.39, 0.29) is 35.1 Å². The number of ether oxygens (including phenoxy) is 3. The first-order chi connectivity index (χ1) is 16.6. The zero-order valence-electron chi connectivity index (χ0n) is 18.8. The van der Waals surface area contributed by atoms with Crippen molar-refractivity contribution in [1.29, 1.82) is 0 Å². The number of carbonyl (C=O) groups excluding carboxylic acids is 5. The maximum Gasteiger partial charge on any atom is 0.404 e. The molecule has 14 nitrogen and oxygen atoms in total. The number of furan rings is 1. The minimum Gasteiger partial charge on any atom is -0.462 e. The summed E-state index contributed by atoms with van der Waals surface area (Å²) in [6.45, 7) is 2.09. The lowest BCUT2D eigenvalue weighted by Gasteiger charge is -2.49. The van der Waals surface area contributed by atoms with Crippen LogP contribution in [0.3, 0.4) is 0 Å². The monoisotopic (exact) mass is 510 g/mol. The highest BCUT2D eigenvalue weighted by atomic mass is 32.2. The van der Waals surface area contributed by atoms with Gasteiger partial charge in [-0.15, -0.1) is 11.8 Å². The molecule has 35 heavy (non-hydrogen) atoms. The molecular formula is C20H22N4O10S. The molecule has 3 atom stereocenters. The molecule has 3 amide bonds. The molecule has 2 aliphatic rings. The van der Waals surface area contributed by atoms with Gasteiger partial charge in [-0.05, 0) is 12.1 Å². The number of β-lactam (4-membered cyclic amide) rings is 1. The van der Waals surface area contributed by atoms with Crippen LogP contribution in [0.15, 0.2) is 39.2 Å². The van der Waals surface area contributed by atoms with Gasteiger partial charge < -0.3 is 34.5 Å². The summed E-state index contributed by atoms with van der Waals surface area (Å²) in [6.07, 6.45) is -0.976. The van der Waals surface area contributed by atoms with Crippen LogP contribution < -0.4 is 11.1 Å². The minimum atomic E-state index is -1.24. The van der Waals surface area contributed by atoms with Crippen molar-refractivity contribution in [3.63, 3.8) is 0 Å². The van der Waals surface area contributed by atoms with E-state index in [1.54, 1.807) is 6.07 Å². The molecule has 0 radical (unpaired) electrons. The zero-order valence-corrected chi connectivity index (χ0v) is 19.7. The van der Waals surface area contributed by atoms with Crippen LogP contribution in [0.2, 0.25) is 0 Å². The van der Waals surface area contributed by atoms with Gasteiger partial charge in [-0.1, -0.05) is 5.16 Å². The summed E-state index contributed by atoms with van der Waals surface area (Å²) >= 11 is 1.21. The van der Waals surface area contributed by atoms with Crippen LogP contribution >= 0.6 is 11.8 Å². The number of nitrogens with two attached hydrogens (primary N) is 1. The Balaban J connectivity index is 1.80. The number of nitrogens with one attached hydrogen (secondary N) is 1. The number of primary amides is 1. The van der Waals surface area contributed by atoms with Crippen molar-refractivity contribution in [3.8, 4) is 0 Å². The molecule has 3 rings (SSSR count). The number of hydrogen-bond acceptors (Lipinski definition) is 12. The molecule has 15 heteroatoms. The molecule has 0 bridgehead atoms. The normalized spacial score (nSPS) is 20.3. The molecule has 1 aromatic rings. The first kappa shape index (κ1) is 25.6. The largest absolute Gasteiger partial charge is 0.462 e. The lowest BCUT2D eigenvalue weighted by molar-refractivity contribution is -0.182. The second-order valence-electron chi connectivity index (χ2n) is 7.10. The average molecular weight is 510 g/mol. The molecule has 0 unspecified atom stereocenters. The zero-order chi connectivity index (χ0) is 25.7. The van der Waals surface area contributed by atoms with Gasteiger partial charge >= 0.3 is 18.0 Å². The highest BCUT2D eigenvalue weighted by molar-refractivity contribution is 8.00. The van der Waals surface area contributed by atoms with Gasteiger partial charge in [0.15, 0.2) is 5.76 Å². The topological polar surface area (TPSA) is 189 Å². The van der Waals surface area contributed by atoms with Crippen LogP contribution in [0.25, 0.3) is 0 Å². The molecule has 1 fully saturated rings. The lowest BCUT2D eigenvalue weighted by atomic mass is 10.0. The van der Waals surface area contributed by atoms with E-state index < -0.39 is 47.6 Å². The standard InChI is InChI=1S/C20H22N4O10S/c1-9(25)33-10(2)34-19(28)15-11(7-32-20(21)29)8-35-18-14(17(27)24(15)18)22-16(26)13(23-30-3)12-5-4-6-31-12/h4-6,10,14,18H,7-8H2,1-3H3,(H2,21,29)(H,22,26)/b23-13-/t10-,14+,18+/m0/s1. The number of amides is 3. The minimum absolute atomic E-state index is 0.124. The van der Waals surface area contributed by atoms with E-state index >= 15 is 0 Å². The summed E-state index contributed by atoms with van der Waals surface area (Å²) < 4.78 is 19.9. The molecular weight excluding hydrogens is 488 g/mol. The van der Waals surface area contributed by atoms with Gasteiger partial charge in [0.05, 0.1) is 6.26 Å². The van der Waals surface area contributed by atoms with Gasteiger partial charge in [-0.3, -0.25) is 19.3 Å². The predicted molar refractivity (Wildman–Crippen MR) is 117 cm³/mol. The SMILES string of the molecule is CO/N=C(\C(=O)N[C@@H]1C(=O)N2C(C(=O)O[C@@H](C)OC(C)=O)=C(COC(N)=O)CS[C@H]12)c1ccco1. The van der Waals surface area contributed by atoms with Gasteiger partial charge in [0.2, 0.25) is 12.0 Å². The van der Waals surface area contributed by atoms with Crippen molar-refractivity contribution >= 4 is 47.3 Å². The summed E-state index contributed by atoms with van der Waals surface area (Å²) in [5.74, 6) is -2.75. The summed E-state index contributed by atoms with van der Waals surface area (Å²) in [6, 6.07) is 2.03. The molecule has 3 N–H and O–H groups in total. The van der Waals surface area contributed by atoms with Crippen molar-refractivity contribution < 1.29 is 47.4 Å². The third kappa shape index (κ3) is 5.74. The smallest absolute Gasteiger partial charge is 0.404 e. The van der Waals surface area contributed by atoms with Crippen molar-refractivity contribution in [3.05, 3.63) is 35.4 Å². The summed E-state index contributed by atoms with van der Waals surface area (Å²) in [5.41, 5.74) is 4.89. The van der Waals surface area contributed by atoms with Crippen LogP contribution in [0.1, 0.15) is 19.6 Å². The Hall–Kier alpha value is -4.01. The Morgan fingerprint density at radius 2 is 2.09 bits per heavy atom. The molecule has 188 valence electrons. The fraction of sp³-hybridized carbons (Fsp3) is 0.400. The maximum atomic E-state index is 13.0. The quantitative estimate of drug-likeness (QED) is 0.147. The van der Waals surface area contributed by atoms with Crippen LogP contribution in [0, 0.1) is 0 Å². The second-order valence-corrected chi connectivity index (χ2v) is 8.21. The molecule has 2 aliphatic heterocycles. The molecule has 0 spiro atoms. The second kappa shape index (κ2) is 10.9. The van der Waals surface area contributed by atoms with E-state index in [2.05, 4.69) is 10.5 Å². The Bertz CT molecular complexity index is 1080. The van der Waals surface area contributed by atoms with E-state index in [0.29, 0.717) is 0 Å². The van der Waals surface area contributed by atoms with Crippen LogP contribution in [0.5, 0.6) is 0 Å². The highest BCUT2D eigenvalue weighted by Gasteiger charge is 2.55. The summed E-state index contributed by atoms with van der Waals surface area (Å²) in [4.78, 5) is 66.7. The van der Waals surface area contributed by atoms with Gasteiger partial charge in [0.1, 0.15) is 30.8 Å². The maximum absolute atomic E-state index is 13.0. The van der Waals surface area contributed by atoms with E-state index in [1.165, 1.54) is 38.1 Å². The predicted octanol–water partition coefficient (Wildman–Crippen LogP) is -0.168. The molecule has 1 aromatic heterocycles. The fourth-order valence-electron chi connectivity index (χ4n) is 3.32. The van der Waals surface area contributed by atoms with Gasteiger partial charge in [-0.2, -0.15) is 0 Å². The third-order valence-electron chi connectivity index (χ3n) is 4.67. The van der Waals surface area contributed by atoms with Crippen LogP contribution in [-0.2, 0) is 38.2 Å². The molecule has 1 saturated heterocycles. The fourth-order valence-corrected chi connectivity index (χ4v) is 4.65. The summed E-state index contributed by atoms with van der Waals surface area (Å²) in [5, 5.41) is 5.53. The Labute approximate surface area is 202 Å².